The van der Waals surface area contributed by atoms with Gasteiger partial charge in [-0.05, 0) is 18.2 Å². The maximum atomic E-state index is 11.9. The van der Waals surface area contributed by atoms with Gasteiger partial charge in [-0.15, -0.1) is 11.6 Å². The third-order valence-corrected chi connectivity index (χ3v) is 2.26. The van der Waals surface area contributed by atoms with Crippen LogP contribution in [0.5, 0.6) is 5.75 Å². The largest absolute Gasteiger partial charge is 0.486 e. The zero-order valence-corrected chi connectivity index (χ0v) is 10.2. The molecule has 0 aliphatic heterocycles. The minimum absolute atomic E-state index is 0.0985. The van der Waals surface area contributed by atoms with Crippen molar-refractivity contribution in [3.63, 3.8) is 0 Å². The summed E-state index contributed by atoms with van der Waals surface area (Å²) < 4.78 is 28.7. The van der Waals surface area contributed by atoms with Crippen LogP contribution in [0.15, 0.2) is 23.2 Å². The Morgan fingerprint density at radius 3 is 2.71 bits per heavy atom. The number of nitrogens with two attached hydrogens (primary N) is 1. The zero-order chi connectivity index (χ0) is 12.8. The molecule has 0 aliphatic rings. The van der Waals surface area contributed by atoms with Crippen molar-refractivity contribution in [2.75, 3.05) is 12.5 Å². The van der Waals surface area contributed by atoms with Crippen LogP contribution < -0.4 is 10.5 Å². The van der Waals surface area contributed by atoms with Crippen LogP contribution in [0.3, 0.4) is 0 Å². The lowest BCUT2D eigenvalue weighted by atomic mass is 10.3. The van der Waals surface area contributed by atoms with E-state index < -0.39 is 13.0 Å². The summed E-state index contributed by atoms with van der Waals surface area (Å²) in [5, 5.41) is 0.189. The first-order valence-electron chi connectivity index (χ1n) is 4.62. The molecule has 0 fully saturated rings. The molecule has 0 saturated heterocycles. The number of ether oxygens (including phenoxy) is 1. The van der Waals surface area contributed by atoms with Crippen molar-refractivity contribution in [1.29, 1.82) is 0 Å². The first-order chi connectivity index (χ1) is 8.02. The molecule has 1 rings (SSSR count). The summed E-state index contributed by atoms with van der Waals surface area (Å²) >= 11 is 11.3. The number of hydrogen-bond donors (Lipinski definition) is 1. The number of alkyl halides is 3. The van der Waals surface area contributed by atoms with Gasteiger partial charge in [-0.25, -0.2) is 13.8 Å². The molecule has 0 spiro atoms. The third-order valence-electron chi connectivity index (χ3n) is 1.69. The van der Waals surface area contributed by atoms with E-state index in [0.29, 0.717) is 5.69 Å². The van der Waals surface area contributed by atoms with Gasteiger partial charge in [-0.2, -0.15) is 0 Å². The Morgan fingerprint density at radius 2 is 2.18 bits per heavy atom. The molecule has 0 bridgehead atoms. The number of halogens is 4. The Bertz CT molecular complexity index is 413. The quantitative estimate of drug-likeness (QED) is 0.512. The molecule has 0 heterocycles. The molecule has 0 aliphatic carbocycles. The predicted octanol–water partition coefficient (Wildman–Crippen LogP) is 3.21. The van der Waals surface area contributed by atoms with Crippen molar-refractivity contribution in [3.8, 4) is 5.75 Å². The zero-order valence-electron chi connectivity index (χ0n) is 8.67. The van der Waals surface area contributed by atoms with E-state index in [4.69, 9.17) is 33.7 Å². The molecule has 0 saturated carbocycles. The van der Waals surface area contributed by atoms with E-state index in [0.717, 1.165) is 0 Å². The monoisotopic (exact) mass is 282 g/mol. The molecule has 3 nitrogen and oxygen atoms in total. The van der Waals surface area contributed by atoms with E-state index in [2.05, 4.69) is 4.99 Å². The van der Waals surface area contributed by atoms with Gasteiger partial charge in [0.05, 0.1) is 16.6 Å². The second-order valence-electron chi connectivity index (χ2n) is 3.05. The summed E-state index contributed by atoms with van der Waals surface area (Å²) in [5.74, 6) is 0.515. The van der Waals surface area contributed by atoms with Gasteiger partial charge in [0, 0.05) is 0 Å². The number of rotatable bonds is 5. The molecule has 0 atom stereocenters. The van der Waals surface area contributed by atoms with Crippen molar-refractivity contribution >= 4 is 34.7 Å². The Hall–Kier alpha value is -1.07. The fraction of sp³-hybridized carbons (Fsp3) is 0.300. The molecule has 94 valence electrons. The highest BCUT2D eigenvalue weighted by molar-refractivity contribution is 6.32. The number of hydrogen-bond acceptors (Lipinski definition) is 2. The van der Waals surface area contributed by atoms with Crippen molar-refractivity contribution < 1.29 is 13.5 Å². The fourth-order valence-electron chi connectivity index (χ4n) is 1.02. The van der Waals surface area contributed by atoms with Crippen LogP contribution in [0.2, 0.25) is 5.02 Å². The minimum atomic E-state index is -2.55. The van der Waals surface area contributed by atoms with Gasteiger partial charge >= 0.3 is 0 Å². The average molecular weight is 283 g/mol. The van der Waals surface area contributed by atoms with Gasteiger partial charge in [0.15, 0.2) is 0 Å². The lowest BCUT2D eigenvalue weighted by Crippen LogP contribution is -2.12. The van der Waals surface area contributed by atoms with E-state index in [-0.39, 0.29) is 22.5 Å². The molecule has 7 heteroatoms. The van der Waals surface area contributed by atoms with E-state index in [1.807, 2.05) is 0 Å². The van der Waals surface area contributed by atoms with Gasteiger partial charge in [-0.3, -0.25) is 0 Å². The minimum Gasteiger partial charge on any atom is -0.486 e. The topological polar surface area (TPSA) is 47.6 Å². The lowest BCUT2D eigenvalue weighted by molar-refractivity contribution is 0.0819. The van der Waals surface area contributed by atoms with Crippen LogP contribution in [0.1, 0.15) is 0 Å². The Morgan fingerprint density at radius 1 is 1.47 bits per heavy atom. The Labute approximate surface area is 107 Å². The molecular formula is C10H10Cl2F2N2O. The van der Waals surface area contributed by atoms with Crippen LogP contribution in [0, 0.1) is 0 Å². The van der Waals surface area contributed by atoms with Gasteiger partial charge in [0.1, 0.15) is 18.2 Å². The molecule has 1 aromatic carbocycles. The summed E-state index contributed by atoms with van der Waals surface area (Å²) in [6.45, 7) is -0.702. The molecule has 0 unspecified atom stereocenters. The highest BCUT2D eigenvalue weighted by atomic mass is 35.5. The Balaban J connectivity index is 2.79. The molecule has 1 aromatic rings. The fourth-order valence-corrected chi connectivity index (χ4v) is 1.31. The van der Waals surface area contributed by atoms with Crippen LogP contribution in [-0.2, 0) is 0 Å². The first kappa shape index (κ1) is 14.0. The van der Waals surface area contributed by atoms with Gasteiger partial charge in [0.25, 0.3) is 6.43 Å². The second-order valence-corrected chi connectivity index (χ2v) is 3.73. The highest BCUT2D eigenvalue weighted by Crippen LogP contribution is 2.29. The number of amidine groups is 1. The van der Waals surface area contributed by atoms with Crippen molar-refractivity contribution in [3.05, 3.63) is 23.2 Å². The van der Waals surface area contributed by atoms with Crippen LogP contribution >= 0.6 is 23.2 Å². The SMILES string of the molecule is NC(CCl)=Nc1ccc(OCC(F)F)c(Cl)c1. The Kier molecular flexibility index (Phi) is 5.44. The van der Waals surface area contributed by atoms with E-state index >= 15 is 0 Å². The van der Waals surface area contributed by atoms with Crippen molar-refractivity contribution in [2.45, 2.75) is 6.43 Å². The summed E-state index contributed by atoms with van der Waals surface area (Å²) in [4.78, 5) is 3.95. The highest BCUT2D eigenvalue weighted by Gasteiger charge is 2.07. The van der Waals surface area contributed by atoms with Crippen molar-refractivity contribution in [2.24, 2.45) is 10.7 Å². The van der Waals surface area contributed by atoms with Crippen LogP contribution in [0.4, 0.5) is 14.5 Å². The van der Waals surface area contributed by atoms with E-state index in [1.54, 1.807) is 6.07 Å². The summed E-state index contributed by atoms with van der Waals surface area (Å²) in [6, 6.07) is 4.46. The summed E-state index contributed by atoms with van der Waals surface area (Å²) in [7, 11) is 0. The van der Waals surface area contributed by atoms with E-state index in [1.165, 1.54) is 12.1 Å². The average Bonchev–Trinajstić information content (AvgIpc) is 2.27. The third kappa shape index (κ3) is 4.75. The molecule has 2 N–H and O–H groups in total. The van der Waals surface area contributed by atoms with Crippen molar-refractivity contribution in [1.82, 2.24) is 0 Å². The molecular weight excluding hydrogens is 273 g/mol. The smallest absolute Gasteiger partial charge is 0.272 e. The molecule has 0 amide bonds. The molecule has 0 radical (unpaired) electrons. The van der Waals surface area contributed by atoms with Crippen LogP contribution in [0.25, 0.3) is 0 Å². The van der Waals surface area contributed by atoms with Gasteiger partial charge in [-0.1, -0.05) is 11.6 Å². The maximum absolute atomic E-state index is 11.9. The maximum Gasteiger partial charge on any atom is 0.272 e. The lowest BCUT2D eigenvalue weighted by Gasteiger charge is -2.07. The van der Waals surface area contributed by atoms with Gasteiger partial charge < -0.3 is 10.5 Å². The first-order valence-corrected chi connectivity index (χ1v) is 5.53. The standard InChI is InChI=1S/C10H10Cl2F2N2O/c11-4-10(15)16-6-1-2-8(7(12)3-6)17-5-9(13)14/h1-3,9H,4-5H2,(H2,15,16). The van der Waals surface area contributed by atoms with Gasteiger partial charge in [0.2, 0.25) is 0 Å². The van der Waals surface area contributed by atoms with E-state index in [9.17, 15) is 8.78 Å². The predicted molar refractivity (Wildman–Crippen MR) is 65.0 cm³/mol. The van der Waals surface area contributed by atoms with Crippen LogP contribution in [-0.4, -0.2) is 24.7 Å². The molecule has 17 heavy (non-hydrogen) atoms. The number of aliphatic imine (C=N–C) groups is 1. The second kappa shape index (κ2) is 6.61. The normalized spacial score (nSPS) is 11.9. The summed E-state index contributed by atoms with van der Waals surface area (Å²) in [6.07, 6.45) is -2.55. The summed E-state index contributed by atoms with van der Waals surface area (Å²) in [5.41, 5.74) is 5.92. The number of benzene rings is 1. The molecule has 0 aromatic heterocycles. The number of nitrogens with zero attached hydrogens (tertiary/aromatic N) is 1.